The number of rotatable bonds is 6. The Balaban J connectivity index is 1.53. The predicted molar refractivity (Wildman–Crippen MR) is 105 cm³/mol. The van der Waals surface area contributed by atoms with Crippen LogP contribution in [-0.2, 0) is 10.2 Å². The maximum Gasteiger partial charge on any atom is 0.317 e. The number of carbonyl (C=O) groups excluding carboxylic acids is 1. The van der Waals surface area contributed by atoms with Crippen molar-refractivity contribution in [3.8, 4) is 0 Å². The van der Waals surface area contributed by atoms with Crippen LogP contribution in [0.1, 0.15) is 44.1 Å². The second kappa shape index (κ2) is 8.90. The fourth-order valence-corrected chi connectivity index (χ4v) is 4.40. The smallest absolute Gasteiger partial charge is 0.317 e. The Morgan fingerprint density at radius 1 is 1.21 bits per heavy atom. The average molecular weight is 391 g/mol. The first-order valence-corrected chi connectivity index (χ1v) is 10.1. The molecule has 1 aliphatic heterocycles. The number of benzene rings is 1. The lowest BCUT2D eigenvalue weighted by atomic mass is 9.64. The molecule has 0 aromatic heterocycles. The zero-order chi connectivity index (χ0) is 20.1. The van der Waals surface area contributed by atoms with Crippen LogP contribution >= 0.6 is 0 Å². The fraction of sp³-hybridized carbons (Fsp3) is 0.619. The average Bonchev–Trinajstić information content (AvgIpc) is 2.88. The number of aliphatic carboxylic acids is 1. The third-order valence-electron chi connectivity index (χ3n) is 6.34. The van der Waals surface area contributed by atoms with E-state index in [0.717, 1.165) is 44.1 Å². The molecule has 28 heavy (non-hydrogen) atoms. The van der Waals surface area contributed by atoms with Gasteiger partial charge in [-0.2, -0.15) is 0 Å². The summed E-state index contributed by atoms with van der Waals surface area (Å²) in [4.78, 5) is 27.3. The van der Waals surface area contributed by atoms with E-state index in [4.69, 9.17) is 5.11 Å². The molecule has 2 fully saturated rings. The Kier molecular flexibility index (Phi) is 6.54. The number of likely N-dealkylation sites (tertiary alicyclic amines) is 1. The lowest BCUT2D eigenvalue weighted by Crippen LogP contribution is -2.49. The molecule has 1 aromatic rings. The van der Waals surface area contributed by atoms with Crippen molar-refractivity contribution in [1.29, 1.82) is 0 Å². The summed E-state index contributed by atoms with van der Waals surface area (Å²) < 4.78 is 13.2. The van der Waals surface area contributed by atoms with Gasteiger partial charge in [-0.05, 0) is 56.8 Å². The van der Waals surface area contributed by atoms with Crippen molar-refractivity contribution in [3.05, 3.63) is 35.6 Å². The number of hydrogen-bond acceptors (Lipinski definition) is 3. The van der Waals surface area contributed by atoms with Crippen LogP contribution in [0.2, 0.25) is 0 Å². The third-order valence-corrected chi connectivity index (χ3v) is 6.34. The summed E-state index contributed by atoms with van der Waals surface area (Å²) in [6.07, 6.45) is 5.66. The van der Waals surface area contributed by atoms with E-state index in [-0.39, 0.29) is 29.8 Å². The summed E-state index contributed by atoms with van der Waals surface area (Å²) in [5, 5.41) is 12.1. The Labute approximate surface area is 165 Å². The van der Waals surface area contributed by atoms with Crippen LogP contribution in [-0.4, -0.2) is 66.2 Å². The van der Waals surface area contributed by atoms with Crippen molar-refractivity contribution in [3.63, 3.8) is 0 Å². The van der Waals surface area contributed by atoms with Gasteiger partial charge in [0.15, 0.2) is 0 Å². The highest BCUT2D eigenvalue weighted by Gasteiger charge is 2.39. The van der Waals surface area contributed by atoms with Gasteiger partial charge in [0, 0.05) is 31.1 Å². The summed E-state index contributed by atoms with van der Waals surface area (Å²) in [6, 6.07) is 6.76. The SMILES string of the molecule is CN(CC(=O)O)C1CCCN(C(=O)NCC2(c3ccc(F)cc3)CCC2)CC1. The van der Waals surface area contributed by atoms with Crippen LogP contribution in [0.4, 0.5) is 9.18 Å². The number of nitrogens with one attached hydrogen (secondary N) is 1. The van der Waals surface area contributed by atoms with Gasteiger partial charge in [0.1, 0.15) is 5.82 Å². The second-order valence-electron chi connectivity index (χ2n) is 8.18. The summed E-state index contributed by atoms with van der Waals surface area (Å²) in [5.41, 5.74) is 1.01. The maximum absolute atomic E-state index is 13.2. The number of halogens is 1. The summed E-state index contributed by atoms with van der Waals surface area (Å²) >= 11 is 0. The van der Waals surface area contributed by atoms with Crippen molar-refractivity contribution in [2.45, 2.75) is 50.0 Å². The van der Waals surface area contributed by atoms with E-state index >= 15 is 0 Å². The van der Waals surface area contributed by atoms with E-state index < -0.39 is 5.97 Å². The topological polar surface area (TPSA) is 72.9 Å². The highest BCUT2D eigenvalue weighted by atomic mass is 19.1. The molecule has 2 aliphatic rings. The minimum absolute atomic E-state index is 0.0249. The van der Waals surface area contributed by atoms with Crippen molar-refractivity contribution < 1.29 is 19.1 Å². The van der Waals surface area contributed by atoms with E-state index in [1.807, 2.05) is 29.0 Å². The highest BCUT2D eigenvalue weighted by molar-refractivity contribution is 5.74. The van der Waals surface area contributed by atoms with Crippen molar-refractivity contribution in [2.75, 3.05) is 33.2 Å². The number of carboxylic acids is 1. The molecule has 0 bridgehead atoms. The number of amides is 2. The molecular formula is C21H30FN3O3. The molecule has 0 spiro atoms. The van der Waals surface area contributed by atoms with Crippen LogP contribution in [0.5, 0.6) is 0 Å². The van der Waals surface area contributed by atoms with E-state index in [9.17, 15) is 14.0 Å². The number of urea groups is 1. The van der Waals surface area contributed by atoms with Gasteiger partial charge in [0.2, 0.25) is 0 Å². The van der Waals surface area contributed by atoms with Crippen LogP contribution in [0, 0.1) is 5.82 Å². The molecule has 3 rings (SSSR count). The number of nitrogens with zero attached hydrogens (tertiary/aromatic N) is 2. The first kappa shape index (κ1) is 20.6. The monoisotopic (exact) mass is 391 g/mol. The first-order chi connectivity index (χ1) is 13.4. The quantitative estimate of drug-likeness (QED) is 0.782. The fourth-order valence-electron chi connectivity index (χ4n) is 4.40. The molecule has 1 aromatic carbocycles. The van der Waals surface area contributed by atoms with Gasteiger partial charge in [0.25, 0.3) is 0 Å². The van der Waals surface area contributed by atoms with Gasteiger partial charge in [-0.15, -0.1) is 0 Å². The Bertz CT molecular complexity index is 691. The molecule has 154 valence electrons. The molecule has 1 aliphatic carbocycles. The van der Waals surface area contributed by atoms with Gasteiger partial charge in [-0.3, -0.25) is 9.69 Å². The van der Waals surface area contributed by atoms with Crippen molar-refractivity contribution in [1.82, 2.24) is 15.1 Å². The van der Waals surface area contributed by atoms with E-state index in [1.54, 1.807) is 0 Å². The molecule has 0 radical (unpaired) electrons. The third kappa shape index (κ3) is 4.82. The van der Waals surface area contributed by atoms with Crippen molar-refractivity contribution >= 4 is 12.0 Å². The Morgan fingerprint density at radius 2 is 1.93 bits per heavy atom. The second-order valence-corrected chi connectivity index (χ2v) is 8.18. The molecule has 6 nitrogen and oxygen atoms in total. The zero-order valence-corrected chi connectivity index (χ0v) is 16.5. The first-order valence-electron chi connectivity index (χ1n) is 10.1. The molecule has 1 saturated carbocycles. The van der Waals surface area contributed by atoms with Gasteiger partial charge < -0.3 is 15.3 Å². The molecule has 1 heterocycles. The normalized spacial score (nSPS) is 21.7. The van der Waals surface area contributed by atoms with Gasteiger partial charge >= 0.3 is 12.0 Å². The minimum Gasteiger partial charge on any atom is -0.480 e. The summed E-state index contributed by atoms with van der Waals surface area (Å²) in [6.45, 7) is 1.91. The summed E-state index contributed by atoms with van der Waals surface area (Å²) in [7, 11) is 1.83. The zero-order valence-electron chi connectivity index (χ0n) is 16.5. The molecule has 2 amide bonds. The van der Waals surface area contributed by atoms with Crippen LogP contribution in [0.15, 0.2) is 24.3 Å². The molecule has 2 N–H and O–H groups in total. The van der Waals surface area contributed by atoms with Crippen molar-refractivity contribution in [2.24, 2.45) is 0 Å². The van der Waals surface area contributed by atoms with Gasteiger partial charge in [0.05, 0.1) is 6.54 Å². The number of carboxylic acid groups (broad SMARTS) is 1. The van der Waals surface area contributed by atoms with Crippen LogP contribution in [0.25, 0.3) is 0 Å². The Morgan fingerprint density at radius 3 is 2.54 bits per heavy atom. The maximum atomic E-state index is 13.2. The summed E-state index contributed by atoms with van der Waals surface area (Å²) in [5.74, 6) is -1.07. The van der Waals surface area contributed by atoms with E-state index in [0.29, 0.717) is 19.6 Å². The van der Waals surface area contributed by atoms with Crippen LogP contribution in [0.3, 0.4) is 0 Å². The minimum atomic E-state index is -0.826. The molecule has 1 saturated heterocycles. The highest BCUT2D eigenvalue weighted by Crippen LogP contribution is 2.43. The molecule has 1 unspecified atom stereocenters. The Hall–Kier alpha value is -2.15. The molecular weight excluding hydrogens is 361 g/mol. The molecule has 7 heteroatoms. The number of hydrogen-bond donors (Lipinski definition) is 2. The number of carbonyl (C=O) groups is 2. The molecule has 1 atom stereocenters. The van der Waals surface area contributed by atoms with Gasteiger partial charge in [-0.1, -0.05) is 18.6 Å². The van der Waals surface area contributed by atoms with E-state index in [1.165, 1.54) is 12.1 Å². The van der Waals surface area contributed by atoms with Crippen LogP contribution < -0.4 is 5.32 Å². The largest absolute Gasteiger partial charge is 0.480 e. The number of likely N-dealkylation sites (N-methyl/N-ethyl adjacent to an activating group) is 1. The van der Waals surface area contributed by atoms with Gasteiger partial charge in [-0.25, -0.2) is 9.18 Å². The lowest BCUT2D eigenvalue weighted by Gasteiger charge is -2.43. The standard InChI is InChI=1S/C21H30FN3O3/c1-24(14-19(26)27)18-4-2-12-25(13-9-18)20(28)23-15-21(10-3-11-21)16-5-7-17(22)8-6-16/h5-8,18H,2-4,9-15H2,1H3,(H,23,28)(H,26,27). The van der Waals surface area contributed by atoms with E-state index in [2.05, 4.69) is 5.32 Å². The predicted octanol–water partition coefficient (Wildman–Crippen LogP) is 2.83. The lowest BCUT2D eigenvalue weighted by molar-refractivity contribution is -0.138.